The first-order valence-electron chi connectivity index (χ1n) is 3.53. The Morgan fingerprint density at radius 1 is 1.50 bits per heavy atom. The molecule has 0 fully saturated rings. The molecule has 0 aliphatic heterocycles. The van der Waals surface area contributed by atoms with Crippen molar-refractivity contribution in [3.05, 3.63) is 26.8 Å². The highest BCUT2D eigenvalue weighted by molar-refractivity contribution is 14.1. The highest BCUT2D eigenvalue weighted by Gasteiger charge is 2.11. The van der Waals surface area contributed by atoms with E-state index in [-0.39, 0.29) is 11.5 Å². The zero-order chi connectivity index (χ0) is 9.30. The highest BCUT2D eigenvalue weighted by Crippen LogP contribution is 2.25. The van der Waals surface area contributed by atoms with E-state index in [2.05, 4.69) is 0 Å². The molecule has 0 unspecified atom stereocenters. The van der Waals surface area contributed by atoms with Crippen molar-refractivity contribution in [2.75, 3.05) is 0 Å². The Morgan fingerprint density at radius 3 is 2.50 bits per heavy atom. The molecule has 64 valence electrons. The molecule has 1 aromatic carbocycles. The molecule has 0 heterocycles. The number of aromatic hydroxyl groups is 1. The van der Waals surface area contributed by atoms with E-state index < -0.39 is 0 Å². The van der Waals surface area contributed by atoms with Crippen LogP contribution in [0.3, 0.4) is 0 Å². The van der Waals surface area contributed by atoms with E-state index in [1.54, 1.807) is 12.1 Å². The number of hydrogen-bond donors (Lipinski definition) is 1. The molecule has 0 aliphatic carbocycles. The summed E-state index contributed by atoms with van der Waals surface area (Å²) in [5, 5.41) is 9.31. The van der Waals surface area contributed by atoms with Gasteiger partial charge in [-0.2, -0.15) is 0 Å². The van der Waals surface area contributed by atoms with Gasteiger partial charge in [0, 0.05) is 5.56 Å². The molecule has 0 radical (unpaired) electrons. The normalized spacial score (nSPS) is 9.92. The standard InChI is InChI=1S/C9H9IO2/c1-5-3-4-7(12)9(10)8(5)6(2)11/h3-4,12H,1-2H3. The van der Waals surface area contributed by atoms with Gasteiger partial charge in [0.25, 0.3) is 0 Å². The number of benzene rings is 1. The molecule has 0 aliphatic rings. The summed E-state index contributed by atoms with van der Waals surface area (Å²) in [5.41, 5.74) is 1.53. The van der Waals surface area contributed by atoms with Crippen molar-refractivity contribution >= 4 is 28.4 Å². The molecule has 1 N–H and O–H groups in total. The first-order chi connectivity index (χ1) is 5.54. The molecule has 0 bridgehead atoms. The molecule has 0 aromatic heterocycles. The number of ketones is 1. The minimum atomic E-state index is -0.00667. The summed E-state index contributed by atoms with van der Waals surface area (Å²) in [7, 11) is 0. The van der Waals surface area contributed by atoms with Crippen LogP contribution in [0.1, 0.15) is 22.8 Å². The van der Waals surface area contributed by atoms with Crippen LogP contribution in [0.5, 0.6) is 5.75 Å². The summed E-state index contributed by atoms with van der Waals surface area (Å²) in [4.78, 5) is 11.1. The number of phenolic OH excluding ortho intramolecular Hbond substituents is 1. The Labute approximate surface area is 84.7 Å². The van der Waals surface area contributed by atoms with Crippen molar-refractivity contribution in [1.82, 2.24) is 0 Å². The van der Waals surface area contributed by atoms with Gasteiger partial charge >= 0.3 is 0 Å². The quantitative estimate of drug-likeness (QED) is 0.632. The second kappa shape index (κ2) is 3.43. The lowest BCUT2D eigenvalue weighted by Crippen LogP contribution is -1.99. The van der Waals surface area contributed by atoms with Crippen LogP contribution in [0.25, 0.3) is 0 Å². The summed E-state index contributed by atoms with van der Waals surface area (Å²) in [6, 6.07) is 3.35. The number of carbonyl (C=O) groups is 1. The zero-order valence-electron chi connectivity index (χ0n) is 6.89. The molecule has 0 spiro atoms. The van der Waals surface area contributed by atoms with Crippen LogP contribution in [0.15, 0.2) is 12.1 Å². The molecular weight excluding hydrogens is 267 g/mol. The fourth-order valence-electron chi connectivity index (χ4n) is 1.09. The number of phenols is 1. The van der Waals surface area contributed by atoms with Gasteiger partial charge in [0.2, 0.25) is 0 Å². The number of Topliss-reactive ketones (excluding diaryl/α,β-unsaturated/α-hetero) is 1. The first kappa shape index (κ1) is 9.51. The van der Waals surface area contributed by atoms with Gasteiger partial charge < -0.3 is 5.11 Å². The van der Waals surface area contributed by atoms with E-state index in [1.807, 2.05) is 29.5 Å². The maximum absolute atomic E-state index is 11.1. The van der Waals surface area contributed by atoms with Gasteiger partial charge in [-0.1, -0.05) is 6.07 Å². The molecule has 3 heteroatoms. The summed E-state index contributed by atoms with van der Waals surface area (Å²) in [6.07, 6.45) is 0. The number of aryl methyl sites for hydroxylation is 1. The third kappa shape index (κ3) is 1.60. The van der Waals surface area contributed by atoms with E-state index in [0.717, 1.165) is 5.56 Å². The van der Waals surface area contributed by atoms with E-state index in [9.17, 15) is 9.90 Å². The third-order valence-corrected chi connectivity index (χ3v) is 2.77. The number of halogens is 1. The Kier molecular flexibility index (Phi) is 2.72. The average Bonchev–Trinajstić information content (AvgIpc) is 1.97. The van der Waals surface area contributed by atoms with Crippen LogP contribution in [0, 0.1) is 10.5 Å². The summed E-state index contributed by atoms with van der Waals surface area (Å²) < 4.78 is 0.639. The Balaban J connectivity index is 3.43. The van der Waals surface area contributed by atoms with Crippen molar-refractivity contribution in [3.63, 3.8) is 0 Å². The van der Waals surface area contributed by atoms with Crippen LogP contribution in [0.2, 0.25) is 0 Å². The van der Waals surface area contributed by atoms with Gasteiger partial charge in [0.1, 0.15) is 5.75 Å². The zero-order valence-corrected chi connectivity index (χ0v) is 9.05. The van der Waals surface area contributed by atoms with Crippen LogP contribution in [-0.4, -0.2) is 10.9 Å². The SMILES string of the molecule is CC(=O)c1c(C)ccc(O)c1I. The second-order valence-corrected chi connectivity index (χ2v) is 3.73. The van der Waals surface area contributed by atoms with Crippen molar-refractivity contribution in [2.45, 2.75) is 13.8 Å². The number of rotatable bonds is 1. The largest absolute Gasteiger partial charge is 0.507 e. The molecule has 0 saturated heterocycles. The predicted octanol–water partition coefficient (Wildman–Crippen LogP) is 2.51. The van der Waals surface area contributed by atoms with E-state index in [1.165, 1.54) is 6.92 Å². The van der Waals surface area contributed by atoms with Crippen LogP contribution in [-0.2, 0) is 0 Å². The molecule has 0 amide bonds. The summed E-state index contributed by atoms with van der Waals surface area (Å²) in [6.45, 7) is 3.36. The fraction of sp³-hybridized carbons (Fsp3) is 0.222. The van der Waals surface area contributed by atoms with Crippen molar-refractivity contribution in [1.29, 1.82) is 0 Å². The minimum Gasteiger partial charge on any atom is -0.507 e. The maximum Gasteiger partial charge on any atom is 0.161 e. The predicted molar refractivity (Wildman–Crippen MR) is 55.6 cm³/mol. The van der Waals surface area contributed by atoms with Gasteiger partial charge in [-0.05, 0) is 48.1 Å². The Hall–Kier alpha value is -0.580. The molecule has 1 rings (SSSR count). The van der Waals surface area contributed by atoms with E-state index in [4.69, 9.17) is 0 Å². The van der Waals surface area contributed by atoms with Gasteiger partial charge in [0.15, 0.2) is 5.78 Å². The first-order valence-corrected chi connectivity index (χ1v) is 4.61. The lowest BCUT2D eigenvalue weighted by atomic mass is 10.1. The topological polar surface area (TPSA) is 37.3 Å². The smallest absolute Gasteiger partial charge is 0.161 e. The van der Waals surface area contributed by atoms with E-state index in [0.29, 0.717) is 9.13 Å². The summed E-state index contributed by atoms with van der Waals surface area (Å²) in [5.74, 6) is 0.166. The third-order valence-electron chi connectivity index (χ3n) is 1.68. The summed E-state index contributed by atoms with van der Waals surface area (Å²) >= 11 is 1.97. The van der Waals surface area contributed by atoms with Gasteiger partial charge in [0.05, 0.1) is 3.57 Å². The van der Waals surface area contributed by atoms with Crippen molar-refractivity contribution in [2.24, 2.45) is 0 Å². The van der Waals surface area contributed by atoms with Crippen LogP contribution >= 0.6 is 22.6 Å². The van der Waals surface area contributed by atoms with Gasteiger partial charge in [-0.25, -0.2) is 0 Å². The lowest BCUT2D eigenvalue weighted by molar-refractivity contribution is 0.101. The maximum atomic E-state index is 11.1. The molecule has 12 heavy (non-hydrogen) atoms. The highest BCUT2D eigenvalue weighted by atomic mass is 127. The number of hydrogen-bond acceptors (Lipinski definition) is 2. The Bertz CT molecular complexity index is 332. The minimum absolute atomic E-state index is 0.00667. The van der Waals surface area contributed by atoms with Crippen molar-refractivity contribution in [3.8, 4) is 5.75 Å². The molecular formula is C9H9IO2. The Morgan fingerprint density at radius 2 is 2.08 bits per heavy atom. The molecule has 1 aromatic rings. The molecule has 0 atom stereocenters. The number of carbonyl (C=O) groups excluding carboxylic acids is 1. The van der Waals surface area contributed by atoms with Crippen LogP contribution < -0.4 is 0 Å². The molecule has 2 nitrogen and oxygen atoms in total. The van der Waals surface area contributed by atoms with Gasteiger partial charge in [-0.3, -0.25) is 4.79 Å². The van der Waals surface area contributed by atoms with Gasteiger partial charge in [-0.15, -0.1) is 0 Å². The van der Waals surface area contributed by atoms with Crippen molar-refractivity contribution < 1.29 is 9.90 Å². The average molecular weight is 276 g/mol. The monoisotopic (exact) mass is 276 g/mol. The lowest BCUT2D eigenvalue weighted by Gasteiger charge is -2.05. The fourth-order valence-corrected chi connectivity index (χ4v) is 2.08. The molecule has 0 saturated carbocycles. The van der Waals surface area contributed by atoms with Crippen LogP contribution in [0.4, 0.5) is 0 Å². The second-order valence-electron chi connectivity index (χ2n) is 2.65. The van der Waals surface area contributed by atoms with E-state index >= 15 is 0 Å².